The van der Waals surface area contributed by atoms with Crippen molar-refractivity contribution in [3.05, 3.63) is 71.8 Å². The number of urea groups is 1. The highest BCUT2D eigenvalue weighted by Gasteiger charge is 2.31. The number of carbonyl (C=O) groups is 1. The zero-order chi connectivity index (χ0) is 25.3. The van der Waals surface area contributed by atoms with Gasteiger partial charge in [-0.2, -0.15) is 13.2 Å². The monoisotopic (exact) mass is 495 g/mol. The van der Waals surface area contributed by atoms with Crippen molar-refractivity contribution in [3.63, 3.8) is 0 Å². The lowest BCUT2D eigenvalue weighted by Crippen LogP contribution is -2.36. The minimum absolute atomic E-state index is 0.318. The Morgan fingerprint density at radius 2 is 1.92 bits per heavy atom. The Bertz CT molecular complexity index is 1260. The molecule has 0 bridgehead atoms. The largest absolute Gasteiger partial charge is 0.416 e. The molecule has 3 heterocycles. The number of anilines is 3. The van der Waals surface area contributed by atoms with E-state index < -0.39 is 11.7 Å². The van der Waals surface area contributed by atoms with Crippen molar-refractivity contribution in [2.75, 3.05) is 48.3 Å². The van der Waals surface area contributed by atoms with E-state index in [0.29, 0.717) is 35.2 Å². The van der Waals surface area contributed by atoms with Crippen LogP contribution in [0.5, 0.6) is 0 Å². The van der Waals surface area contributed by atoms with Gasteiger partial charge >= 0.3 is 12.2 Å². The molecule has 188 valence electrons. The second-order valence-electron chi connectivity index (χ2n) is 9.29. The van der Waals surface area contributed by atoms with Crippen LogP contribution < -0.4 is 20.4 Å². The van der Waals surface area contributed by atoms with Crippen LogP contribution in [0.4, 0.5) is 35.2 Å². The van der Waals surface area contributed by atoms with Gasteiger partial charge < -0.3 is 15.5 Å². The Morgan fingerprint density at radius 1 is 1.08 bits per heavy atom. The molecule has 9 heteroatoms. The van der Waals surface area contributed by atoms with Crippen molar-refractivity contribution in [1.82, 2.24) is 10.3 Å². The quantitative estimate of drug-likeness (QED) is 0.488. The Morgan fingerprint density at radius 3 is 2.69 bits per heavy atom. The van der Waals surface area contributed by atoms with E-state index in [1.807, 2.05) is 36.2 Å². The minimum Gasteiger partial charge on any atom is -0.372 e. The van der Waals surface area contributed by atoms with Gasteiger partial charge in [0, 0.05) is 37.9 Å². The first-order valence-corrected chi connectivity index (χ1v) is 12.1. The zero-order valence-corrected chi connectivity index (χ0v) is 20.0. The van der Waals surface area contributed by atoms with Crippen molar-refractivity contribution < 1.29 is 18.0 Å². The maximum Gasteiger partial charge on any atom is 0.416 e. The molecular weight excluding hydrogens is 467 g/mol. The number of aromatic nitrogens is 1. The fraction of sp³-hybridized carbons (Fsp3) is 0.333. The van der Waals surface area contributed by atoms with Gasteiger partial charge in [0.1, 0.15) is 0 Å². The lowest BCUT2D eigenvalue weighted by atomic mass is 9.98. The second kappa shape index (κ2) is 9.81. The van der Waals surface area contributed by atoms with Gasteiger partial charge in [0.25, 0.3) is 0 Å². The molecule has 1 atom stereocenters. The van der Waals surface area contributed by atoms with E-state index in [-0.39, 0.29) is 6.03 Å². The molecular formula is C27H28F3N5O. The summed E-state index contributed by atoms with van der Waals surface area (Å²) in [4.78, 5) is 21.7. The number of carbonyl (C=O) groups excluding carboxylic acids is 1. The topological polar surface area (TPSA) is 60.5 Å². The fourth-order valence-corrected chi connectivity index (χ4v) is 4.84. The molecule has 1 aromatic heterocycles. The maximum atomic E-state index is 13.5. The summed E-state index contributed by atoms with van der Waals surface area (Å²) in [6.45, 7) is 3.07. The lowest BCUT2D eigenvalue weighted by molar-refractivity contribution is -0.137. The molecule has 1 unspecified atom stereocenters. The lowest BCUT2D eigenvalue weighted by Gasteiger charge is -2.24. The van der Waals surface area contributed by atoms with Crippen molar-refractivity contribution >= 4 is 23.2 Å². The van der Waals surface area contributed by atoms with Crippen LogP contribution in [0.1, 0.15) is 29.9 Å². The van der Waals surface area contributed by atoms with E-state index in [9.17, 15) is 18.0 Å². The second-order valence-corrected chi connectivity index (χ2v) is 9.29. The number of halogens is 3. The Labute approximate surface area is 208 Å². The van der Waals surface area contributed by atoms with Gasteiger partial charge in [0.05, 0.1) is 16.9 Å². The number of hydrogen-bond donors (Lipinski definition) is 2. The summed E-state index contributed by atoms with van der Waals surface area (Å²) >= 11 is 0. The normalized spacial score (nSPS) is 18.1. The van der Waals surface area contributed by atoms with Crippen molar-refractivity contribution in [1.29, 1.82) is 0 Å². The molecule has 1 fully saturated rings. The van der Waals surface area contributed by atoms with Crippen molar-refractivity contribution in [2.24, 2.45) is 0 Å². The first-order valence-electron chi connectivity index (χ1n) is 12.1. The molecule has 0 radical (unpaired) electrons. The van der Waals surface area contributed by atoms with Crippen LogP contribution in [0.25, 0.3) is 11.3 Å². The molecule has 3 aromatic rings. The van der Waals surface area contributed by atoms with Crippen molar-refractivity contribution in [3.8, 4) is 11.3 Å². The number of fused-ring (bicyclic) bond motifs is 1. The Kier molecular flexibility index (Phi) is 6.57. The smallest absolute Gasteiger partial charge is 0.372 e. The minimum atomic E-state index is -4.45. The summed E-state index contributed by atoms with van der Waals surface area (Å²) in [7, 11) is 1.92. The third-order valence-corrected chi connectivity index (χ3v) is 6.80. The van der Waals surface area contributed by atoms with Gasteiger partial charge in [-0.1, -0.05) is 24.3 Å². The molecule has 0 spiro atoms. The average molecular weight is 496 g/mol. The first kappa shape index (κ1) is 24.1. The van der Waals surface area contributed by atoms with Crippen molar-refractivity contribution in [2.45, 2.75) is 24.9 Å². The molecule has 36 heavy (non-hydrogen) atoms. The van der Waals surface area contributed by atoms with Crippen LogP contribution in [0.3, 0.4) is 0 Å². The summed E-state index contributed by atoms with van der Waals surface area (Å²) in [6, 6.07) is 16.2. The highest BCUT2D eigenvalue weighted by Crippen LogP contribution is 2.36. The number of nitrogens with zero attached hydrogens (tertiary/aromatic N) is 3. The van der Waals surface area contributed by atoms with Gasteiger partial charge in [-0.15, -0.1) is 0 Å². The van der Waals surface area contributed by atoms with Gasteiger partial charge in [-0.3, -0.25) is 4.90 Å². The zero-order valence-electron chi connectivity index (χ0n) is 20.0. The number of nitrogens with one attached hydrogen (secondary N) is 2. The predicted octanol–water partition coefficient (Wildman–Crippen LogP) is 5.72. The number of hydrogen-bond acceptors (Lipinski definition) is 4. The van der Waals surface area contributed by atoms with Gasteiger partial charge in [-0.05, 0) is 67.3 Å². The molecule has 0 saturated carbocycles. The van der Waals surface area contributed by atoms with E-state index in [1.54, 1.807) is 17.0 Å². The molecule has 1 saturated heterocycles. The molecule has 2 aliphatic rings. The summed E-state index contributed by atoms with van der Waals surface area (Å²) in [6.07, 6.45) is -2.66. The van der Waals surface area contributed by atoms with E-state index in [4.69, 9.17) is 0 Å². The Hall–Kier alpha value is -3.59. The summed E-state index contributed by atoms with van der Waals surface area (Å²) < 4.78 is 39.8. The highest BCUT2D eigenvalue weighted by molar-refractivity contribution is 6.03. The molecule has 0 aliphatic carbocycles. The Balaban J connectivity index is 1.45. The number of benzene rings is 2. The summed E-state index contributed by atoms with van der Waals surface area (Å²) in [5.41, 5.74) is 2.63. The fourth-order valence-electron chi connectivity index (χ4n) is 4.84. The molecule has 2 N–H and O–H groups in total. The molecule has 5 rings (SSSR count). The number of pyridine rings is 1. The predicted molar refractivity (Wildman–Crippen MR) is 136 cm³/mol. The first-order chi connectivity index (χ1) is 17.3. The maximum absolute atomic E-state index is 13.5. The highest BCUT2D eigenvalue weighted by atomic mass is 19.4. The molecule has 2 aromatic carbocycles. The molecule has 6 nitrogen and oxygen atoms in total. The van der Waals surface area contributed by atoms with Crippen LogP contribution in [0.2, 0.25) is 0 Å². The number of rotatable bonds is 3. The SMILES string of the molecule is CN1CCCN(C(=O)Nc2cccc(C3CCNC3)c2)c2nc(-c3cccc(C(F)(F)F)c3)ccc21. The molecule has 2 amide bonds. The summed E-state index contributed by atoms with van der Waals surface area (Å²) in [5, 5.41) is 6.37. The summed E-state index contributed by atoms with van der Waals surface area (Å²) in [5.74, 6) is 0.852. The van der Waals surface area contributed by atoms with E-state index >= 15 is 0 Å². The third-order valence-electron chi connectivity index (χ3n) is 6.80. The van der Waals surface area contributed by atoms with E-state index in [0.717, 1.165) is 50.3 Å². The third kappa shape index (κ3) is 5.02. The van der Waals surface area contributed by atoms with Crippen LogP contribution in [-0.4, -0.2) is 44.2 Å². The van der Waals surface area contributed by atoms with Crippen LogP contribution in [-0.2, 0) is 6.18 Å². The van der Waals surface area contributed by atoms with Gasteiger partial charge in [0.2, 0.25) is 0 Å². The van der Waals surface area contributed by atoms with E-state index in [1.165, 1.54) is 11.6 Å². The average Bonchev–Trinajstić information content (AvgIpc) is 3.35. The standard InChI is InChI=1S/C27H28F3N5O/c1-34-13-4-14-35(26(36)32-22-8-3-5-18(16-22)20-11-12-31-17-20)25-24(34)10-9-23(33-25)19-6-2-7-21(15-19)27(28,29)30/h2-3,5-10,15-16,20,31H,4,11-14,17H2,1H3,(H,32,36). The van der Waals surface area contributed by atoms with Crippen LogP contribution in [0.15, 0.2) is 60.7 Å². The molecule has 2 aliphatic heterocycles. The van der Waals surface area contributed by atoms with Gasteiger partial charge in [0.15, 0.2) is 5.82 Å². The number of amides is 2. The van der Waals surface area contributed by atoms with Crippen LogP contribution >= 0.6 is 0 Å². The number of alkyl halides is 3. The van der Waals surface area contributed by atoms with E-state index in [2.05, 4.69) is 21.7 Å². The van der Waals surface area contributed by atoms with Gasteiger partial charge in [-0.25, -0.2) is 9.78 Å². The van der Waals surface area contributed by atoms with Crippen LogP contribution in [0, 0.1) is 0 Å².